The summed E-state index contributed by atoms with van der Waals surface area (Å²) in [6.45, 7) is 4.09. The number of nitrogens with two attached hydrogens (primary N) is 2. The molecule has 25 heavy (non-hydrogen) atoms. The number of anilines is 1. The first-order chi connectivity index (χ1) is 11.9. The molecule has 3 rings (SSSR count). The van der Waals surface area contributed by atoms with Crippen molar-refractivity contribution in [2.24, 2.45) is 11.5 Å². The van der Waals surface area contributed by atoms with Gasteiger partial charge in [0.05, 0.1) is 11.7 Å². The predicted molar refractivity (Wildman–Crippen MR) is 99.3 cm³/mol. The third-order valence-electron chi connectivity index (χ3n) is 4.38. The molecule has 1 aliphatic rings. The maximum atomic E-state index is 12.0. The van der Waals surface area contributed by atoms with Crippen molar-refractivity contribution in [1.29, 1.82) is 0 Å². The standard InChI is InChI=1S/C18H21N3O3S/c1-3-9(2)24-12-6-4-5-10-7-8-11-14(16(19)22)17(21-18(20)23)25-15(11)13(10)12/h4-6,9H,3,7-8H2,1-2H3,(H2,19,22)(H3,20,21,23). The van der Waals surface area contributed by atoms with E-state index in [1.165, 1.54) is 11.3 Å². The van der Waals surface area contributed by atoms with Gasteiger partial charge >= 0.3 is 6.03 Å². The van der Waals surface area contributed by atoms with Crippen LogP contribution in [0, 0.1) is 0 Å². The van der Waals surface area contributed by atoms with Crippen molar-refractivity contribution < 1.29 is 14.3 Å². The number of ether oxygens (including phenoxy) is 1. The molecule has 0 saturated heterocycles. The molecule has 0 aliphatic heterocycles. The van der Waals surface area contributed by atoms with E-state index in [1.54, 1.807) is 0 Å². The Labute approximate surface area is 150 Å². The second-order valence-corrected chi connectivity index (χ2v) is 7.11. The minimum absolute atomic E-state index is 0.0793. The number of aryl methyl sites for hydroxylation is 1. The summed E-state index contributed by atoms with van der Waals surface area (Å²) in [5.74, 6) is 0.223. The van der Waals surface area contributed by atoms with Crippen LogP contribution < -0.4 is 21.5 Å². The Bertz CT molecular complexity index is 844. The highest BCUT2D eigenvalue weighted by molar-refractivity contribution is 7.20. The van der Waals surface area contributed by atoms with Crippen molar-refractivity contribution in [3.05, 3.63) is 34.9 Å². The molecule has 1 unspecified atom stereocenters. The number of hydrogen-bond donors (Lipinski definition) is 3. The lowest BCUT2D eigenvalue weighted by Crippen LogP contribution is -2.22. The van der Waals surface area contributed by atoms with E-state index in [4.69, 9.17) is 16.2 Å². The van der Waals surface area contributed by atoms with E-state index >= 15 is 0 Å². The number of fused-ring (bicyclic) bond motifs is 3. The van der Waals surface area contributed by atoms with E-state index in [2.05, 4.69) is 18.3 Å². The fraction of sp³-hybridized carbons (Fsp3) is 0.333. The smallest absolute Gasteiger partial charge is 0.317 e. The molecule has 0 fully saturated rings. The molecular weight excluding hydrogens is 338 g/mol. The van der Waals surface area contributed by atoms with Crippen LogP contribution in [0.4, 0.5) is 9.80 Å². The van der Waals surface area contributed by atoms with Crippen molar-refractivity contribution in [3.8, 4) is 16.2 Å². The number of thiophene rings is 1. The molecule has 1 atom stereocenters. The fourth-order valence-electron chi connectivity index (χ4n) is 3.07. The summed E-state index contributed by atoms with van der Waals surface area (Å²) < 4.78 is 6.09. The van der Waals surface area contributed by atoms with Gasteiger partial charge in [-0.25, -0.2) is 4.79 Å². The Kier molecular flexibility index (Phi) is 4.67. The third kappa shape index (κ3) is 3.19. The molecule has 132 valence electrons. The summed E-state index contributed by atoms with van der Waals surface area (Å²) in [7, 11) is 0. The Balaban J connectivity index is 2.18. The third-order valence-corrected chi connectivity index (χ3v) is 5.54. The molecule has 2 aromatic rings. The second-order valence-electron chi connectivity index (χ2n) is 6.09. The molecule has 1 aromatic heterocycles. The highest BCUT2D eigenvalue weighted by Crippen LogP contribution is 2.48. The van der Waals surface area contributed by atoms with Gasteiger partial charge in [0.15, 0.2) is 0 Å². The summed E-state index contributed by atoms with van der Waals surface area (Å²) in [5, 5.41) is 2.93. The quantitative estimate of drug-likeness (QED) is 0.762. The normalized spacial score (nSPS) is 13.5. The van der Waals surface area contributed by atoms with Gasteiger partial charge in [-0.3, -0.25) is 10.1 Å². The topological polar surface area (TPSA) is 107 Å². The number of primary amides is 2. The molecule has 5 N–H and O–H groups in total. The van der Waals surface area contributed by atoms with E-state index in [0.29, 0.717) is 17.0 Å². The van der Waals surface area contributed by atoms with Crippen LogP contribution in [0.3, 0.4) is 0 Å². The first-order valence-electron chi connectivity index (χ1n) is 8.23. The lowest BCUT2D eigenvalue weighted by molar-refractivity contribution is 0.100. The zero-order valence-corrected chi connectivity index (χ0v) is 15.0. The lowest BCUT2D eigenvalue weighted by Gasteiger charge is -2.22. The molecule has 1 aromatic carbocycles. The molecule has 0 radical (unpaired) electrons. The number of amides is 3. The minimum Gasteiger partial charge on any atom is -0.490 e. The maximum absolute atomic E-state index is 12.0. The van der Waals surface area contributed by atoms with Gasteiger partial charge in [-0.05, 0) is 43.4 Å². The highest BCUT2D eigenvalue weighted by atomic mass is 32.1. The van der Waals surface area contributed by atoms with Crippen LogP contribution in [0.2, 0.25) is 0 Å². The van der Waals surface area contributed by atoms with Gasteiger partial charge in [-0.15, -0.1) is 11.3 Å². The first-order valence-corrected chi connectivity index (χ1v) is 9.04. The molecule has 0 spiro atoms. The molecule has 0 bridgehead atoms. The van der Waals surface area contributed by atoms with Gasteiger partial charge in [-0.1, -0.05) is 19.1 Å². The van der Waals surface area contributed by atoms with Crippen LogP contribution in [0.25, 0.3) is 10.4 Å². The van der Waals surface area contributed by atoms with E-state index in [-0.39, 0.29) is 6.10 Å². The summed E-state index contributed by atoms with van der Waals surface area (Å²) in [6, 6.07) is 5.26. The number of carbonyl (C=O) groups excluding carboxylic acids is 2. The van der Waals surface area contributed by atoms with Crippen LogP contribution in [-0.2, 0) is 12.8 Å². The molecule has 1 heterocycles. The van der Waals surface area contributed by atoms with Crippen LogP contribution >= 0.6 is 11.3 Å². The second kappa shape index (κ2) is 6.76. The minimum atomic E-state index is -0.717. The van der Waals surface area contributed by atoms with Gasteiger partial charge in [0.1, 0.15) is 10.8 Å². The SMILES string of the molecule is CCC(C)Oc1cccc2c1-c1sc(NC(N)=O)c(C(N)=O)c1CC2. The number of rotatable bonds is 5. The predicted octanol–water partition coefficient (Wildman–Crippen LogP) is 3.28. The van der Waals surface area contributed by atoms with Crippen molar-refractivity contribution in [1.82, 2.24) is 0 Å². The number of nitrogens with one attached hydrogen (secondary N) is 1. The van der Waals surface area contributed by atoms with Gasteiger partial charge in [0.2, 0.25) is 0 Å². The van der Waals surface area contributed by atoms with Gasteiger partial charge in [-0.2, -0.15) is 0 Å². The molecular formula is C18H21N3O3S. The van der Waals surface area contributed by atoms with Gasteiger partial charge in [0, 0.05) is 10.4 Å². The summed E-state index contributed by atoms with van der Waals surface area (Å²) in [4.78, 5) is 24.2. The van der Waals surface area contributed by atoms with E-state index in [9.17, 15) is 9.59 Å². The summed E-state index contributed by atoms with van der Waals surface area (Å²) in [5.41, 5.74) is 14.2. The van der Waals surface area contributed by atoms with Crippen LogP contribution in [0.1, 0.15) is 41.8 Å². The van der Waals surface area contributed by atoms with E-state index < -0.39 is 11.9 Å². The maximum Gasteiger partial charge on any atom is 0.317 e. The number of hydrogen-bond acceptors (Lipinski definition) is 4. The number of benzene rings is 1. The van der Waals surface area contributed by atoms with Crippen LogP contribution in [0.15, 0.2) is 18.2 Å². The summed E-state index contributed by atoms with van der Waals surface area (Å²) in [6.07, 6.45) is 2.44. The number of carbonyl (C=O) groups is 2. The molecule has 7 heteroatoms. The molecule has 1 aliphatic carbocycles. The van der Waals surface area contributed by atoms with Crippen LogP contribution in [-0.4, -0.2) is 18.0 Å². The highest BCUT2D eigenvalue weighted by Gasteiger charge is 2.29. The van der Waals surface area contributed by atoms with Crippen molar-refractivity contribution in [3.63, 3.8) is 0 Å². The summed E-state index contributed by atoms with van der Waals surface area (Å²) >= 11 is 1.32. The largest absolute Gasteiger partial charge is 0.490 e. The van der Waals surface area contributed by atoms with E-state index in [1.807, 2.05) is 19.1 Å². The Hall–Kier alpha value is -2.54. The number of urea groups is 1. The monoisotopic (exact) mass is 359 g/mol. The Morgan fingerprint density at radius 2 is 2.08 bits per heavy atom. The van der Waals surface area contributed by atoms with Gasteiger partial charge in [0.25, 0.3) is 5.91 Å². The van der Waals surface area contributed by atoms with Crippen molar-refractivity contribution >= 4 is 28.3 Å². The van der Waals surface area contributed by atoms with E-state index in [0.717, 1.165) is 40.2 Å². The lowest BCUT2D eigenvalue weighted by atomic mass is 9.88. The average Bonchev–Trinajstić information content (AvgIpc) is 2.92. The average molecular weight is 359 g/mol. The van der Waals surface area contributed by atoms with Gasteiger partial charge < -0.3 is 16.2 Å². The van der Waals surface area contributed by atoms with Crippen LogP contribution in [0.5, 0.6) is 5.75 Å². The Morgan fingerprint density at radius 3 is 2.72 bits per heavy atom. The molecule has 0 saturated carbocycles. The first kappa shape index (κ1) is 17.3. The molecule has 3 amide bonds. The molecule has 6 nitrogen and oxygen atoms in total. The van der Waals surface area contributed by atoms with Crippen molar-refractivity contribution in [2.45, 2.75) is 39.2 Å². The fourth-order valence-corrected chi connectivity index (χ4v) is 4.41. The zero-order chi connectivity index (χ0) is 18.1. The Morgan fingerprint density at radius 1 is 1.32 bits per heavy atom. The zero-order valence-electron chi connectivity index (χ0n) is 14.2. The van der Waals surface area contributed by atoms with Crippen molar-refractivity contribution in [2.75, 3.05) is 5.32 Å².